The van der Waals surface area contributed by atoms with Crippen LogP contribution < -0.4 is 0 Å². The van der Waals surface area contributed by atoms with Crippen LogP contribution in [0, 0.1) is 30.1 Å². The van der Waals surface area contributed by atoms with Crippen LogP contribution in [0.3, 0.4) is 0 Å². The van der Waals surface area contributed by atoms with Gasteiger partial charge in [-0.25, -0.2) is 0 Å². The van der Waals surface area contributed by atoms with Crippen molar-refractivity contribution < 1.29 is 0 Å². The Morgan fingerprint density at radius 2 is 0.886 bits per heavy atom. The van der Waals surface area contributed by atoms with Crippen molar-refractivity contribution >= 4 is 0 Å². The van der Waals surface area contributed by atoms with Crippen LogP contribution in [-0.4, -0.2) is 0 Å². The van der Waals surface area contributed by atoms with E-state index in [0.717, 1.165) is 17.8 Å². The minimum Gasteiger partial charge on any atom is -0.0683 e. The van der Waals surface area contributed by atoms with Crippen molar-refractivity contribution in [3.05, 3.63) is 34.9 Å². The molecule has 2 rings (SSSR count). The van der Waals surface area contributed by atoms with Gasteiger partial charge in [-0.1, -0.05) is 215 Å². The molecule has 0 saturated heterocycles. The molecule has 0 amide bonds. The van der Waals surface area contributed by atoms with Crippen molar-refractivity contribution in [2.75, 3.05) is 0 Å². The van der Waals surface area contributed by atoms with Crippen LogP contribution in [0.5, 0.6) is 0 Å². The molecule has 1 aromatic carbocycles. The summed E-state index contributed by atoms with van der Waals surface area (Å²) in [6.45, 7) is 47.8. The number of unbranched alkanes of at least 4 members (excludes halogenated alkanes) is 3. The lowest BCUT2D eigenvalue weighted by Crippen LogP contribution is -2.03. The van der Waals surface area contributed by atoms with Crippen molar-refractivity contribution in [1.29, 1.82) is 0 Å². The minimum absolute atomic E-state index is 0.500. The molecule has 0 aromatic heterocycles. The monoisotopic (exact) mass is 625 g/mol. The first kappa shape index (κ1) is 58.7. The van der Waals surface area contributed by atoms with Crippen molar-refractivity contribution in [2.24, 2.45) is 23.2 Å². The first-order valence-corrected chi connectivity index (χ1v) is 19.5. The fourth-order valence-corrected chi connectivity index (χ4v) is 2.33. The van der Waals surface area contributed by atoms with E-state index in [0.29, 0.717) is 5.41 Å². The molecule has 1 aliphatic rings. The van der Waals surface area contributed by atoms with E-state index >= 15 is 0 Å². The van der Waals surface area contributed by atoms with Gasteiger partial charge in [0.15, 0.2) is 0 Å². The molecule has 0 aliphatic heterocycles. The zero-order valence-electron chi connectivity index (χ0n) is 35.9. The van der Waals surface area contributed by atoms with Gasteiger partial charge in [0.1, 0.15) is 0 Å². The lowest BCUT2D eigenvalue weighted by atomic mass is 9.89. The lowest BCUT2D eigenvalue weighted by molar-refractivity contribution is 0.469. The Bertz CT molecular complexity index is 535. The maximum atomic E-state index is 2.28. The molecule has 0 radical (unpaired) electrons. The summed E-state index contributed by atoms with van der Waals surface area (Å²) in [5.74, 6) is 2.60. The van der Waals surface area contributed by atoms with Gasteiger partial charge in [-0.2, -0.15) is 0 Å². The molecule has 0 spiro atoms. The first-order valence-electron chi connectivity index (χ1n) is 19.5. The summed E-state index contributed by atoms with van der Waals surface area (Å²) < 4.78 is 0. The van der Waals surface area contributed by atoms with Crippen molar-refractivity contribution in [1.82, 2.24) is 0 Å². The molecule has 0 nitrogen and oxygen atoms in total. The van der Waals surface area contributed by atoms with E-state index in [9.17, 15) is 0 Å². The summed E-state index contributed by atoms with van der Waals surface area (Å²) in [4.78, 5) is 0. The van der Waals surface area contributed by atoms with Crippen LogP contribution in [0.1, 0.15) is 226 Å². The van der Waals surface area contributed by atoms with Gasteiger partial charge in [0, 0.05) is 0 Å². The number of benzene rings is 1. The Morgan fingerprint density at radius 1 is 0.591 bits per heavy atom. The SMILES string of the molecule is CC.CC(C)(C)C.CC(C)C.CCC.CCC(C)C.CCC(C)C.CCCC.CCCCC.Cc1cccc2c1CCCC2. The Morgan fingerprint density at radius 3 is 1.09 bits per heavy atom. The van der Waals surface area contributed by atoms with Crippen LogP contribution in [0.25, 0.3) is 0 Å². The van der Waals surface area contributed by atoms with Crippen LogP contribution >= 0.6 is 0 Å². The summed E-state index contributed by atoms with van der Waals surface area (Å²) in [5.41, 5.74) is 5.21. The molecule has 1 aliphatic carbocycles. The molecule has 44 heavy (non-hydrogen) atoms. The van der Waals surface area contributed by atoms with Gasteiger partial charge in [-0.3, -0.25) is 0 Å². The van der Waals surface area contributed by atoms with Crippen molar-refractivity contribution in [2.45, 2.75) is 229 Å². The average Bonchev–Trinajstić information content (AvgIpc) is 2.95. The average molecular weight is 625 g/mol. The van der Waals surface area contributed by atoms with Gasteiger partial charge in [0.25, 0.3) is 0 Å². The molecular formula is C44H96. The molecule has 0 heteroatoms. The number of rotatable bonds is 5. The highest BCUT2D eigenvalue weighted by molar-refractivity contribution is 5.35. The zero-order valence-corrected chi connectivity index (χ0v) is 35.9. The van der Waals surface area contributed by atoms with E-state index in [1.807, 2.05) is 13.8 Å². The van der Waals surface area contributed by atoms with Crippen molar-refractivity contribution in [3.63, 3.8) is 0 Å². The molecule has 272 valence electrons. The highest BCUT2D eigenvalue weighted by Gasteiger charge is 2.09. The van der Waals surface area contributed by atoms with Gasteiger partial charge in [0.2, 0.25) is 0 Å². The topological polar surface area (TPSA) is 0 Å². The number of fused-ring (bicyclic) bond motifs is 1. The highest BCUT2D eigenvalue weighted by Crippen LogP contribution is 2.23. The van der Waals surface area contributed by atoms with E-state index in [-0.39, 0.29) is 0 Å². The summed E-state index contributed by atoms with van der Waals surface area (Å²) in [7, 11) is 0. The Kier molecular flexibility index (Phi) is 65.5. The summed E-state index contributed by atoms with van der Waals surface area (Å²) in [5, 5.41) is 0. The predicted octanol–water partition coefficient (Wildman–Crippen LogP) is 17.1. The fraction of sp³-hybridized carbons (Fsp3) is 0.864. The van der Waals surface area contributed by atoms with Crippen LogP contribution in [0.2, 0.25) is 0 Å². The minimum atomic E-state index is 0.500. The normalized spacial score (nSPS) is 10.6. The van der Waals surface area contributed by atoms with E-state index < -0.39 is 0 Å². The van der Waals surface area contributed by atoms with Crippen LogP contribution in [-0.2, 0) is 12.8 Å². The lowest BCUT2D eigenvalue weighted by Gasteiger charge is -2.17. The second-order valence-electron chi connectivity index (χ2n) is 14.8. The molecule has 0 fully saturated rings. The second kappa shape index (κ2) is 49.1. The predicted molar refractivity (Wildman–Crippen MR) is 217 cm³/mol. The third kappa shape index (κ3) is 90.0. The number of hydrogen-bond donors (Lipinski definition) is 0. The maximum absolute atomic E-state index is 2.28. The third-order valence-corrected chi connectivity index (χ3v) is 5.47. The Labute approximate surface area is 286 Å². The van der Waals surface area contributed by atoms with Crippen LogP contribution in [0.15, 0.2) is 18.2 Å². The van der Waals surface area contributed by atoms with E-state index in [4.69, 9.17) is 0 Å². The van der Waals surface area contributed by atoms with Gasteiger partial charge < -0.3 is 0 Å². The van der Waals surface area contributed by atoms with Crippen molar-refractivity contribution in [3.8, 4) is 0 Å². The van der Waals surface area contributed by atoms with Gasteiger partial charge >= 0.3 is 0 Å². The molecule has 0 saturated carbocycles. The quantitative estimate of drug-likeness (QED) is 0.306. The largest absolute Gasteiger partial charge is 0.0683 e. The van der Waals surface area contributed by atoms with E-state index in [1.165, 1.54) is 82.6 Å². The first-order chi connectivity index (χ1) is 20.4. The molecule has 0 bridgehead atoms. The fourth-order valence-electron chi connectivity index (χ4n) is 2.33. The number of aryl methyl sites for hydroxylation is 2. The van der Waals surface area contributed by atoms with Gasteiger partial charge in [-0.15, -0.1) is 0 Å². The van der Waals surface area contributed by atoms with E-state index in [2.05, 4.69) is 157 Å². The third-order valence-electron chi connectivity index (χ3n) is 5.47. The highest BCUT2D eigenvalue weighted by atomic mass is 14.1. The molecule has 0 unspecified atom stereocenters. The van der Waals surface area contributed by atoms with Crippen LogP contribution in [0.4, 0.5) is 0 Å². The Hall–Kier alpha value is -0.780. The summed E-state index contributed by atoms with van der Waals surface area (Å²) in [6, 6.07) is 6.69. The summed E-state index contributed by atoms with van der Waals surface area (Å²) in [6.07, 6.45) is 16.0. The second-order valence-corrected chi connectivity index (χ2v) is 14.8. The molecule has 0 heterocycles. The van der Waals surface area contributed by atoms with Gasteiger partial charge in [-0.05, 0) is 72.5 Å². The maximum Gasteiger partial charge on any atom is -0.0273 e. The molecular weight excluding hydrogens is 528 g/mol. The molecule has 0 N–H and O–H groups in total. The summed E-state index contributed by atoms with van der Waals surface area (Å²) >= 11 is 0. The standard InChI is InChI=1S/C11H14.4C5H12.2C4H10.C3H8.C2H6/c1-9-5-4-7-10-6-2-3-8-11(9)10;1-5(2,3)4;2*1-4-5(2)3;1-3-5-4-2;1-4(2)3;1-3-4-2;1-3-2;1-2/h4-5,7H,2-3,6,8H2,1H3;1-4H3;2*5H,4H2,1-3H3;3-5H2,1-2H3;4H,1-3H3;3-4H2,1-2H3;3H2,1-2H3;1-2H3. The van der Waals surface area contributed by atoms with E-state index in [1.54, 1.807) is 11.1 Å². The zero-order chi connectivity index (χ0) is 36.6. The van der Waals surface area contributed by atoms with Gasteiger partial charge in [0.05, 0.1) is 0 Å². The number of hydrogen-bond acceptors (Lipinski definition) is 0. The Balaban J connectivity index is -0.0000000737. The molecule has 0 atom stereocenters. The molecule has 1 aromatic rings. The smallest absolute Gasteiger partial charge is 0.0273 e.